The number of nitrogens with one attached hydrogen (secondary N) is 1. The highest BCUT2D eigenvalue weighted by Gasteiger charge is 2.28. The fraction of sp³-hybridized carbons (Fsp3) is 0.533. The molecule has 1 aliphatic heterocycles. The Morgan fingerprint density at radius 2 is 2.05 bits per heavy atom. The van der Waals surface area contributed by atoms with Gasteiger partial charge in [-0.3, -0.25) is 4.79 Å². The minimum atomic E-state index is 0.236. The lowest BCUT2D eigenvalue weighted by Crippen LogP contribution is -2.57. The summed E-state index contributed by atoms with van der Waals surface area (Å²) in [5.74, 6) is 0.236. The molecule has 1 heterocycles. The van der Waals surface area contributed by atoms with Crippen LogP contribution in [-0.2, 0) is 11.2 Å². The van der Waals surface area contributed by atoms with Crippen molar-refractivity contribution >= 4 is 5.91 Å². The van der Waals surface area contributed by atoms with Crippen molar-refractivity contribution in [3.8, 4) is 0 Å². The lowest BCUT2D eigenvalue weighted by atomic mass is 10.1. The maximum atomic E-state index is 12.4. The molecule has 1 N–H and O–H groups in total. The van der Waals surface area contributed by atoms with Crippen molar-refractivity contribution < 1.29 is 4.79 Å². The van der Waals surface area contributed by atoms with E-state index in [9.17, 15) is 4.79 Å². The van der Waals surface area contributed by atoms with Crippen LogP contribution in [0, 0.1) is 0 Å². The lowest BCUT2D eigenvalue weighted by molar-refractivity contribution is -0.135. The molecule has 2 rings (SSSR count). The van der Waals surface area contributed by atoms with E-state index >= 15 is 0 Å². The topological polar surface area (TPSA) is 35.6 Å². The van der Waals surface area contributed by atoms with Crippen LogP contribution in [0.25, 0.3) is 0 Å². The fourth-order valence-electron chi connectivity index (χ4n) is 2.62. The summed E-state index contributed by atoms with van der Waals surface area (Å²) in [5, 5.41) is 3.19. The Bertz CT molecular complexity index is 407. The highest BCUT2D eigenvalue weighted by molar-refractivity contribution is 5.79. The quantitative estimate of drug-likeness (QED) is 0.862. The zero-order valence-electron chi connectivity index (χ0n) is 11.8. The first-order valence-electron chi connectivity index (χ1n) is 6.87. The first-order valence-corrected chi connectivity index (χ1v) is 6.87. The monoisotopic (exact) mass is 261 g/mol. The number of amides is 1. The van der Waals surface area contributed by atoms with Crippen molar-refractivity contribution in [1.29, 1.82) is 0 Å². The lowest BCUT2D eigenvalue weighted by Gasteiger charge is -2.40. The molecule has 1 atom stereocenters. The minimum absolute atomic E-state index is 0.236. The van der Waals surface area contributed by atoms with Crippen LogP contribution in [0.4, 0.5) is 0 Å². The summed E-state index contributed by atoms with van der Waals surface area (Å²) in [7, 11) is 4.05. The Morgan fingerprint density at radius 3 is 2.74 bits per heavy atom. The van der Waals surface area contributed by atoms with Crippen molar-refractivity contribution in [1.82, 2.24) is 15.1 Å². The third-order valence-electron chi connectivity index (χ3n) is 3.64. The van der Waals surface area contributed by atoms with E-state index in [1.165, 1.54) is 0 Å². The maximum Gasteiger partial charge on any atom is 0.227 e. The van der Waals surface area contributed by atoms with Crippen LogP contribution in [0.15, 0.2) is 30.3 Å². The molecule has 0 bridgehead atoms. The predicted molar refractivity (Wildman–Crippen MR) is 77.1 cm³/mol. The van der Waals surface area contributed by atoms with Gasteiger partial charge in [-0.2, -0.15) is 0 Å². The molecule has 104 valence electrons. The van der Waals surface area contributed by atoms with E-state index in [0.29, 0.717) is 6.42 Å². The molecule has 4 heteroatoms. The molecule has 1 aliphatic rings. The normalized spacial score (nSPS) is 20.5. The van der Waals surface area contributed by atoms with Gasteiger partial charge < -0.3 is 15.1 Å². The molecule has 1 aromatic rings. The summed E-state index contributed by atoms with van der Waals surface area (Å²) >= 11 is 0. The summed E-state index contributed by atoms with van der Waals surface area (Å²) in [6.07, 6.45) is 0.505. The first kappa shape index (κ1) is 14.0. The number of rotatable bonds is 4. The van der Waals surface area contributed by atoms with Crippen molar-refractivity contribution in [2.24, 2.45) is 0 Å². The molecule has 0 aliphatic carbocycles. The SMILES string of the molecule is CNCC1CN(C)CCN1C(=O)Cc1ccccc1. The van der Waals surface area contributed by atoms with Crippen LogP contribution in [0.5, 0.6) is 0 Å². The molecule has 19 heavy (non-hydrogen) atoms. The van der Waals surface area contributed by atoms with Crippen molar-refractivity contribution in [2.75, 3.05) is 40.3 Å². The Hall–Kier alpha value is -1.39. The minimum Gasteiger partial charge on any atom is -0.336 e. The molecule has 1 saturated heterocycles. The van der Waals surface area contributed by atoms with E-state index < -0.39 is 0 Å². The number of hydrogen-bond acceptors (Lipinski definition) is 3. The maximum absolute atomic E-state index is 12.4. The van der Waals surface area contributed by atoms with Gasteiger partial charge in [0.15, 0.2) is 0 Å². The summed E-state index contributed by atoms with van der Waals surface area (Å²) in [6, 6.07) is 10.3. The van der Waals surface area contributed by atoms with Gasteiger partial charge in [-0.1, -0.05) is 30.3 Å². The van der Waals surface area contributed by atoms with Gasteiger partial charge >= 0.3 is 0 Å². The van der Waals surface area contributed by atoms with Crippen LogP contribution >= 0.6 is 0 Å². The predicted octanol–water partition coefficient (Wildman–Crippen LogP) is 0.591. The van der Waals surface area contributed by atoms with Crippen molar-refractivity contribution in [2.45, 2.75) is 12.5 Å². The van der Waals surface area contributed by atoms with Crippen molar-refractivity contribution in [3.05, 3.63) is 35.9 Å². The molecule has 1 unspecified atom stereocenters. The van der Waals surface area contributed by atoms with E-state index in [2.05, 4.69) is 17.3 Å². The summed E-state index contributed by atoms with van der Waals surface area (Å²) in [4.78, 5) is 16.8. The smallest absolute Gasteiger partial charge is 0.227 e. The van der Waals surface area contributed by atoms with Gasteiger partial charge in [0.2, 0.25) is 5.91 Å². The molecule has 0 saturated carbocycles. The molecular formula is C15H23N3O. The largest absolute Gasteiger partial charge is 0.336 e. The van der Waals surface area contributed by atoms with Gasteiger partial charge in [-0.05, 0) is 19.7 Å². The van der Waals surface area contributed by atoms with Gasteiger partial charge in [0.05, 0.1) is 12.5 Å². The molecule has 1 fully saturated rings. The third kappa shape index (κ3) is 3.78. The Kier molecular flexibility index (Phi) is 4.93. The third-order valence-corrected chi connectivity index (χ3v) is 3.64. The van der Waals surface area contributed by atoms with E-state index in [0.717, 1.165) is 31.7 Å². The molecule has 0 spiro atoms. The highest BCUT2D eigenvalue weighted by atomic mass is 16.2. The molecule has 0 aromatic heterocycles. The second kappa shape index (κ2) is 6.68. The average Bonchev–Trinajstić information content (AvgIpc) is 2.40. The number of nitrogens with zero attached hydrogens (tertiary/aromatic N) is 2. The highest BCUT2D eigenvalue weighted by Crippen LogP contribution is 2.11. The van der Waals surface area contributed by atoms with E-state index in [-0.39, 0.29) is 11.9 Å². The second-order valence-electron chi connectivity index (χ2n) is 5.22. The average molecular weight is 261 g/mol. The number of likely N-dealkylation sites (N-methyl/N-ethyl adjacent to an activating group) is 2. The number of carbonyl (C=O) groups excluding carboxylic acids is 1. The standard InChI is InChI=1S/C15H23N3O/c1-16-11-14-12-17(2)8-9-18(14)15(19)10-13-6-4-3-5-7-13/h3-7,14,16H,8-12H2,1-2H3. The van der Waals surface area contributed by atoms with Crippen molar-refractivity contribution in [3.63, 3.8) is 0 Å². The zero-order valence-corrected chi connectivity index (χ0v) is 11.8. The van der Waals surface area contributed by atoms with Crippen LogP contribution in [0.3, 0.4) is 0 Å². The summed E-state index contributed by atoms with van der Waals surface area (Å²) < 4.78 is 0. The van der Waals surface area contributed by atoms with Crippen LogP contribution in [0.1, 0.15) is 5.56 Å². The first-order chi connectivity index (χ1) is 9.20. The number of piperazine rings is 1. The Balaban J connectivity index is 2.00. The van der Waals surface area contributed by atoms with Gasteiger partial charge in [0.25, 0.3) is 0 Å². The van der Waals surface area contributed by atoms with Crippen LogP contribution in [0.2, 0.25) is 0 Å². The van der Waals surface area contributed by atoms with Gasteiger partial charge in [-0.25, -0.2) is 0 Å². The van der Waals surface area contributed by atoms with Crippen LogP contribution < -0.4 is 5.32 Å². The van der Waals surface area contributed by atoms with Gasteiger partial charge in [0.1, 0.15) is 0 Å². The summed E-state index contributed by atoms with van der Waals surface area (Å²) in [6.45, 7) is 3.58. The zero-order chi connectivity index (χ0) is 13.7. The van der Waals surface area contributed by atoms with E-state index in [4.69, 9.17) is 0 Å². The Labute approximate surface area is 115 Å². The van der Waals surface area contributed by atoms with Gasteiger partial charge in [-0.15, -0.1) is 0 Å². The number of carbonyl (C=O) groups is 1. The number of benzene rings is 1. The molecule has 1 amide bonds. The second-order valence-corrected chi connectivity index (χ2v) is 5.22. The molecule has 4 nitrogen and oxygen atoms in total. The Morgan fingerprint density at radius 1 is 1.32 bits per heavy atom. The molecular weight excluding hydrogens is 238 g/mol. The van der Waals surface area contributed by atoms with Crippen LogP contribution in [-0.4, -0.2) is 62.0 Å². The van der Waals surface area contributed by atoms with E-state index in [1.54, 1.807) is 0 Å². The number of hydrogen-bond donors (Lipinski definition) is 1. The molecule has 1 aromatic carbocycles. The van der Waals surface area contributed by atoms with E-state index in [1.807, 2.05) is 42.3 Å². The summed E-state index contributed by atoms with van der Waals surface area (Å²) in [5.41, 5.74) is 1.09. The van der Waals surface area contributed by atoms with Gasteiger partial charge in [0, 0.05) is 26.2 Å². The fourth-order valence-corrected chi connectivity index (χ4v) is 2.62. The molecule has 0 radical (unpaired) electrons.